The second-order valence-corrected chi connectivity index (χ2v) is 12.1. The minimum absolute atomic E-state index is 0.398. The van der Waals surface area contributed by atoms with Gasteiger partial charge in [-0.3, -0.25) is 0 Å². The molecule has 2 aliphatic heterocycles. The van der Waals surface area contributed by atoms with Crippen LogP contribution in [0.3, 0.4) is 0 Å². The van der Waals surface area contributed by atoms with E-state index in [2.05, 4.69) is 72.8 Å². The van der Waals surface area contributed by atoms with E-state index < -0.39 is 0 Å². The maximum Gasteiger partial charge on any atom is 0.161 e. The minimum atomic E-state index is 0.398. The Hall–Kier alpha value is -2.66. The van der Waals surface area contributed by atoms with Crippen LogP contribution in [0.5, 0.6) is 11.5 Å². The predicted molar refractivity (Wildman–Crippen MR) is 160 cm³/mol. The molecule has 5 nitrogen and oxygen atoms in total. The summed E-state index contributed by atoms with van der Waals surface area (Å²) in [6, 6.07) is 13.9. The van der Waals surface area contributed by atoms with Gasteiger partial charge in [-0.05, 0) is 119 Å². The fourth-order valence-corrected chi connectivity index (χ4v) is 6.82. The highest BCUT2D eigenvalue weighted by Gasteiger charge is 2.27. The fourth-order valence-electron chi connectivity index (χ4n) is 6.82. The Morgan fingerprint density at radius 3 is 2.08 bits per heavy atom. The highest BCUT2D eigenvalue weighted by Crippen LogP contribution is 2.40. The monoisotopic (exact) mass is 517 g/mol. The van der Waals surface area contributed by atoms with Crippen LogP contribution in [-0.4, -0.2) is 56.3 Å². The van der Waals surface area contributed by atoms with E-state index in [0.29, 0.717) is 12.0 Å². The van der Waals surface area contributed by atoms with Gasteiger partial charge in [-0.2, -0.15) is 0 Å². The second-order valence-electron chi connectivity index (χ2n) is 12.1. The zero-order valence-corrected chi connectivity index (χ0v) is 24.3. The Morgan fingerprint density at radius 2 is 1.47 bits per heavy atom. The van der Waals surface area contributed by atoms with Crippen LogP contribution < -0.4 is 14.4 Å². The number of aromatic amines is 1. The number of methoxy groups -OCH3 is 2. The molecule has 38 heavy (non-hydrogen) atoms. The highest BCUT2D eigenvalue weighted by atomic mass is 16.5. The molecule has 2 aliphatic rings. The van der Waals surface area contributed by atoms with Crippen molar-refractivity contribution < 1.29 is 9.47 Å². The molecule has 0 saturated carbocycles. The number of nitrogens with zero attached hydrogens (tertiary/aromatic N) is 2. The largest absolute Gasteiger partial charge is 0.493 e. The third-order valence-corrected chi connectivity index (χ3v) is 9.10. The summed E-state index contributed by atoms with van der Waals surface area (Å²) in [4.78, 5) is 8.99. The smallest absolute Gasteiger partial charge is 0.161 e. The molecule has 0 radical (unpaired) electrons. The van der Waals surface area contributed by atoms with Gasteiger partial charge in [-0.15, -0.1) is 0 Å². The number of hydrogen-bond donors (Lipinski definition) is 1. The number of aromatic nitrogens is 1. The van der Waals surface area contributed by atoms with Gasteiger partial charge in [0.2, 0.25) is 0 Å². The molecule has 2 aromatic carbocycles. The number of rotatable bonds is 8. The van der Waals surface area contributed by atoms with E-state index in [1.165, 1.54) is 86.1 Å². The fraction of sp³-hybridized carbons (Fsp3) is 0.576. The van der Waals surface area contributed by atoms with Gasteiger partial charge in [0.15, 0.2) is 11.5 Å². The normalized spacial score (nSPS) is 18.2. The predicted octanol–water partition coefficient (Wildman–Crippen LogP) is 7.70. The van der Waals surface area contributed by atoms with E-state index in [9.17, 15) is 0 Å². The standard InChI is InChI=1S/C33H47N3O2/c1-22(2)32-28-21-27(8-9-29(28)34-33(32)26-7-10-30(37-5)31(20-26)38-6)36-17-13-25(14-18-36)19-24-11-15-35(16-12-24)23(3)4/h7-10,20-25,34H,11-19H2,1-6H3. The third kappa shape index (κ3) is 5.54. The highest BCUT2D eigenvalue weighted by molar-refractivity contribution is 5.93. The summed E-state index contributed by atoms with van der Waals surface area (Å²) in [6.07, 6.45) is 6.86. The lowest BCUT2D eigenvalue weighted by Crippen LogP contribution is -2.39. The van der Waals surface area contributed by atoms with Gasteiger partial charge in [0.1, 0.15) is 0 Å². The molecule has 0 amide bonds. The molecule has 5 heteroatoms. The Morgan fingerprint density at radius 1 is 0.816 bits per heavy atom. The number of H-pyrrole nitrogens is 1. The van der Waals surface area contributed by atoms with Gasteiger partial charge in [-0.1, -0.05) is 13.8 Å². The summed E-state index contributed by atoms with van der Waals surface area (Å²) < 4.78 is 11.1. The number of benzene rings is 2. The Bertz CT molecular complexity index is 1210. The van der Waals surface area contributed by atoms with Crippen molar-refractivity contribution in [1.29, 1.82) is 0 Å². The molecule has 1 N–H and O–H groups in total. The maximum atomic E-state index is 5.59. The molecular formula is C33H47N3O2. The Labute approximate surface area is 229 Å². The van der Waals surface area contributed by atoms with Crippen molar-refractivity contribution >= 4 is 16.6 Å². The number of ether oxygens (including phenoxy) is 2. The van der Waals surface area contributed by atoms with E-state index in [1.54, 1.807) is 14.2 Å². The summed E-state index contributed by atoms with van der Waals surface area (Å²) in [5.74, 6) is 3.73. The quantitative estimate of drug-likeness (QED) is 0.332. The molecule has 2 fully saturated rings. The summed E-state index contributed by atoms with van der Waals surface area (Å²) in [6.45, 7) is 14.2. The van der Waals surface area contributed by atoms with Crippen LogP contribution in [0.4, 0.5) is 5.69 Å². The summed E-state index contributed by atoms with van der Waals surface area (Å²) in [5, 5.41) is 1.33. The maximum absolute atomic E-state index is 5.59. The molecule has 0 spiro atoms. The van der Waals surface area contributed by atoms with Crippen molar-refractivity contribution in [3.8, 4) is 22.8 Å². The van der Waals surface area contributed by atoms with E-state index in [-0.39, 0.29) is 0 Å². The number of anilines is 1. The third-order valence-electron chi connectivity index (χ3n) is 9.10. The van der Waals surface area contributed by atoms with Crippen LogP contribution in [0.2, 0.25) is 0 Å². The number of likely N-dealkylation sites (tertiary alicyclic amines) is 1. The minimum Gasteiger partial charge on any atom is -0.493 e. The molecule has 3 aromatic rings. The van der Waals surface area contributed by atoms with Crippen molar-refractivity contribution in [2.75, 3.05) is 45.3 Å². The number of fused-ring (bicyclic) bond motifs is 1. The van der Waals surface area contributed by atoms with Crippen LogP contribution in [-0.2, 0) is 0 Å². The van der Waals surface area contributed by atoms with Gasteiger partial charge in [0.05, 0.1) is 19.9 Å². The molecule has 5 rings (SSSR count). The Balaban J connectivity index is 1.30. The van der Waals surface area contributed by atoms with E-state index >= 15 is 0 Å². The molecule has 3 heterocycles. The molecule has 206 valence electrons. The Kier molecular flexibility index (Phi) is 8.23. The van der Waals surface area contributed by atoms with Crippen LogP contribution >= 0.6 is 0 Å². The van der Waals surface area contributed by atoms with Crippen LogP contribution in [0.25, 0.3) is 22.2 Å². The van der Waals surface area contributed by atoms with Crippen molar-refractivity contribution in [3.63, 3.8) is 0 Å². The van der Waals surface area contributed by atoms with Crippen LogP contribution in [0.1, 0.15) is 71.3 Å². The van der Waals surface area contributed by atoms with E-state index in [4.69, 9.17) is 9.47 Å². The molecular weight excluding hydrogens is 470 g/mol. The average molecular weight is 518 g/mol. The second kappa shape index (κ2) is 11.6. The summed E-state index contributed by atoms with van der Waals surface area (Å²) in [5.41, 5.74) is 6.24. The van der Waals surface area contributed by atoms with Crippen LogP contribution in [0, 0.1) is 11.8 Å². The SMILES string of the molecule is COc1ccc(-c2[nH]c3ccc(N4CCC(CC5CCN(C(C)C)CC5)CC4)cc3c2C(C)C)cc1OC. The van der Waals surface area contributed by atoms with Crippen molar-refractivity contribution in [3.05, 3.63) is 42.0 Å². The lowest BCUT2D eigenvalue weighted by Gasteiger charge is -2.38. The first-order chi connectivity index (χ1) is 18.4. The first-order valence-corrected chi connectivity index (χ1v) is 14.7. The molecule has 1 aromatic heterocycles. The molecule has 0 unspecified atom stereocenters. The van der Waals surface area contributed by atoms with Crippen LogP contribution in [0.15, 0.2) is 36.4 Å². The van der Waals surface area contributed by atoms with Gasteiger partial charge in [0, 0.05) is 41.3 Å². The average Bonchev–Trinajstić information content (AvgIpc) is 3.32. The van der Waals surface area contributed by atoms with Gasteiger partial charge >= 0.3 is 0 Å². The van der Waals surface area contributed by atoms with E-state index in [1.807, 2.05) is 6.07 Å². The van der Waals surface area contributed by atoms with Crippen molar-refractivity contribution in [2.45, 2.75) is 71.8 Å². The zero-order valence-electron chi connectivity index (χ0n) is 24.3. The zero-order chi connectivity index (χ0) is 26.8. The molecule has 0 atom stereocenters. The van der Waals surface area contributed by atoms with E-state index in [0.717, 1.165) is 28.9 Å². The lowest BCUT2D eigenvalue weighted by molar-refractivity contribution is 0.133. The van der Waals surface area contributed by atoms with Gasteiger partial charge < -0.3 is 24.3 Å². The summed E-state index contributed by atoms with van der Waals surface area (Å²) in [7, 11) is 3.38. The van der Waals surface area contributed by atoms with Gasteiger partial charge in [0.25, 0.3) is 0 Å². The number of hydrogen-bond acceptors (Lipinski definition) is 4. The number of piperidine rings is 2. The van der Waals surface area contributed by atoms with Crippen molar-refractivity contribution in [2.24, 2.45) is 11.8 Å². The number of nitrogens with one attached hydrogen (secondary N) is 1. The first kappa shape index (κ1) is 26.9. The first-order valence-electron chi connectivity index (χ1n) is 14.7. The molecule has 0 aliphatic carbocycles. The summed E-state index contributed by atoms with van der Waals surface area (Å²) >= 11 is 0. The molecule has 2 saturated heterocycles. The van der Waals surface area contributed by atoms with Gasteiger partial charge in [-0.25, -0.2) is 0 Å². The molecule has 0 bridgehead atoms. The topological polar surface area (TPSA) is 40.7 Å². The van der Waals surface area contributed by atoms with Crippen molar-refractivity contribution in [1.82, 2.24) is 9.88 Å². The lowest BCUT2D eigenvalue weighted by atomic mass is 9.82.